The van der Waals surface area contributed by atoms with Gasteiger partial charge >= 0.3 is 11.9 Å². The van der Waals surface area contributed by atoms with Crippen molar-refractivity contribution in [3.05, 3.63) is 0 Å². The van der Waals surface area contributed by atoms with Crippen LogP contribution < -0.4 is 10.6 Å². The Hall–Kier alpha value is -2.38. The molecule has 20 atom stereocenters. The molecular weight excluding hydrogens is 1000 g/mol. The van der Waals surface area contributed by atoms with E-state index in [0.29, 0.717) is 92.3 Å². The summed E-state index contributed by atoms with van der Waals surface area (Å²) in [5, 5.41) is 29.1. The fraction of sp³-hybridized carbons (Fsp3) is 0.930. The third-order valence-electron chi connectivity index (χ3n) is 23.2. The van der Waals surface area contributed by atoms with E-state index >= 15 is 0 Å². The molecular formula is C57H94N2O14S2. The van der Waals surface area contributed by atoms with E-state index in [9.17, 15) is 46.2 Å². The summed E-state index contributed by atoms with van der Waals surface area (Å²) in [5.41, 5.74) is 0.247. The van der Waals surface area contributed by atoms with Gasteiger partial charge in [-0.15, -0.1) is 0 Å². The first-order valence-corrected chi connectivity index (χ1v) is 32.6. The molecule has 8 rings (SSSR count). The molecule has 16 nitrogen and oxygen atoms in total. The van der Waals surface area contributed by atoms with Crippen LogP contribution in [0.5, 0.6) is 0 Å². The summed E-state index contributed by atoms with van der Waals surface area (Å²) in [6, 6.07) is 0. The molecule has 0 aromatic carbocycles. The van der Waals surface area contributed by atoms with Gasteiger partial charge in [0.1, 0.15) is 12.2 Å². The summed E-state index contributed by atoms with van der Waals surface area (Å²) in [6.45, 7) is 13.9. The lowest BCUT2D eigenvalue weighted by Gasteiger charge is -2.62. The van der Waals surface area contributed by atoms with Gasteiger partial charge < -0.3 is 30.3 Å². The molecule has 0 aromatic heterocycles. The maximum Gasteiger partial charge on any atom is 0.306 e. The van der Waals surface area contributed by atoms with Crippen LogP contribution in [0.3, 0.4) is 0 Å². The first-order valence-electron chi connectivity index (χ1n) is 29.3. The number of ether oxygens (including phenoxy) is 2. The van der Waals surface area contributed by atoms with Crippen molar-refractivity contribution in [3.63, 3.8) is 0 Å². The molecule has 0 saturated heterocycles. The SMILES string of the molecule is C[C@H](CCC(=O)NCCS(=O)(=O)O)[C@H]1CC[C@H]2[C@@H]3[C@H](O)CC4C[C@H](OC(=O)CCCC(=O)O[C@@H]5CC[C@@]6(C)C(C5)C[C@@H](O)[C@H]5[C@@H]7CC[C@H]([C@H](C)CCC(=O)NCCS(=O)(=O)O)[C@@]7(C)CC[C@@H]56)CC[C@]4(C)[C@H]3CC[C@]12C. The van der Waals surface area contributed by atoms with Crippen LogP contribution in [0.2, 0.25) is 0 Å². The highest BCUT2D eigenvalue weighted by Crippen LogP contribution is 2.70. The number of amides is 2. The van der Waals surface area contributed by atoms with Crippen LogP contribution in [0.4, 0.5) is 0 Å². The van der Waals surface area contributed by atoms with Gasteiger partial charge in [0, 0.05) is 38.8 Å². The zero-order valence-electron chi connectivity index (χ0n) is 46.0. The first kappa shape index (κ1) is 58.8. The third-order valence-corrected chi connectivity index (χ3v) is 24.6. The van der Waals surface area contributed by atoms with Crippen molar-refractivity contribution in [2.45, 2.75) is 214 Å². The second-order valence-electron chi connectivity index (χ2n) is 27.0. The Morgan fingerprint density at radius 1 is 0.520 bits per heavy atom. The van der Waals surface area contributed by atoms with E-state index in [1.54, 1.807) is 0 Å². The monoisotopic (exact) mass is 1090 g/mol. The summed E-state index contributed by atoms with van der Waals surface area (Å²) in [7, 11) is -8.26. The molecule has 0 spiro atoms. The van der Waals surface area contributed by atoms with Gasteiger partial charge in [0.2, 0.25) is 11.8 Å². The highest BCUT2D eigenvalue weighted by atomic mass is 32.2. The van der Waals surface area contributed by atoms with E-state index in [2.05, 4.69) is 52.2 Å². The second kappa shape index (κ2) is 23.0. The number of rotatable bonds is 20. The summed E-state index contributed by atoms with van der Waals surface area (Å²) >= 11 is 0. The molecule has 2 unspecified atom stereocenters. The molecule has 2 amide bonds. The highest BCUT2D eigenvalue weighted by Gasteiger charge is 2.65. The first-order chi connectivity index (χ1) is 35.1. The number of hydrogen-bond donors (Lipinski definition) is 6. The van der Waals surface area contributed by atoms with Crippen molar-refractivity contribution >= 4 is 44.0 Å². The molecule has 428 valence electrons. The Labute approximate surface area is 448 Å². The minimum absolute atomic E-state index is 0.0529. The van der Waals surface area contributed by atoms with Gasteiger partial charge in [-0.25, -0.2) is 0 Å². The fourth-order valence-electron chi connectivity index (χ4n) is 19.3. The molecule has 8 aliphatic rings. The molecule has 0 aromatic rings. The predicted molar refractivity (Wildman–Crippen MR) is 282 cm³/mol. The summed E-state index contributed by atoms with van der Waals surface area (Å²) < 4.78 is 74.4. The lowest BCUT2D eigenvalue weighted by atomic mass is 9.43. The Kier molecular flexibility index (Phi) is 18.0. The van der Waals surface area contributed by atoms with E-state index in [0.717, 1.165) is 89.9 Å². The van der Waals surface area contributed by atoms with Crippen LogP contribution >= 0.6 is 0 Å². The molecule has 8 fully saturated rings. The minimum Gasteiger partial charge on any atom is -0.462 e. The Balaban J connectivity index is 0.748. The van der Waals surface area contributed by atoms with E-state index < -0.39 is 43.9 Å². The standard InChI is InChI=1S/C57H94N2O14S2/c1-34(10-16-48(62)58-26-28-74(66,67)68)40-12-14-42-52-44(20-24-56(40,42)5)54(3)22-18-38(30-36(54)32-46(52)60)72-50(64)8-7-9-51(65)73-39-19-23-55(4)37(31-39)33-47(61)53-43-15-13-41(57(43,6)25-21-45(53)55)35(2)11-17-49(63)59-27-29-75(69,70)71/h34-47,52-53,60-61H,7-33H2,1-6H3,(H,58,62)(H,59,63)(H,66,67,68)(H,69,70,71)/t34-,35-,36?,37?,38-,39-,40-,41-,42+,43+,44+,45+,46-,47-,52+,53+,54+,55+,56-,57-/m1/s1. The molecule has 0 aliphatic heterocycles. The van der Waals surface area contributed by atoms with Gasteiger partial charge in [-0.3, -0.25) is 28.3 Å². The Morgan fingerprint density at radius 2 is 0.880 bits per heavy atom. The zero-order valence-corrected chi connectivity index (χ0v) is 47.7. The van der Waals surface area contributed by atoms with E-state index in [1.165, 1.54) is 0 Å². The smallest absolute Gasteiger partial charge is 0.306 e. The van der Waals surface area contributed by atoms with Crippen molar-refractivity contribution in [2.24, 2.45) is 92.7 Å². The summed E-state index contributed by atoms with van der Waals surface area (Å²) in [6.07, 6.45) is 16.3. The maximum atomic E-state index is 13.3. The van der Waals surface area contributed by atoms with Gasteiger partial charge in [-0.1, -0.05) is 41.5 Å². The number of carbonyl (C=O) groups is 4. The van der Waals surface area contributed by atoms with Crippen molar-refractivity contribution in [2.75, 3.05) is 24.6 Å². The van der Waals surface area contributed by atoms with Crippen molar-refractivity contribution in [1.29, 1.82) is 0 Å². The van der Waals surface area contributed by atoms with Gasteiger partial charge in [-0.2, -0.15) is 16.8 Å². The summed E-state index contributed by atoms with van der Waals surface area (Å²) in [5.74, 6) is 2.02. The second-order valence-corrected chi connectivity index (χ2v) is 30.1. The quantitative estimate of drug-likeness (QED) is 0.0498. The Morgan fingerprint density at radius 3 is 1.25 bits per heavy atom. The molecule has 18 heteroatoms. The fourth-order valence-corrected chi connectivity index (χ4v) is 20.1. The van der Waals surface area contributed by atoms with Crippen molar-refractivity contribution < 1.29 is 64.8 Å². The van der Waals surface area contributed by atoms with Crippen molar-refractivity contribution in [1.82, 2.24) is 10.6 Å². The van der Waals surface area contributed by atoms with Crippen LogP contribution in [-0.2, 0) is 48.9 Å². The van der Waals surface area contributed by atoms with Crippen LogP contribution in [0.15, 0.2) is 0 Å². The lowest BCUT2D eigenvalue weighted by molar-refractivity contribution is -0.183. The molecule has 8 saturated carbocycles. The topological polar surface area (TPSA) is 260 Å². The average molecular weight is 1100 g/mol. The third kappa shape index (κ3) is 12.7. The maximum absolute atomic E-state index is 13.3. The molecule has 0 heterocycles. The number of esters is 2. The largest absolute Gasteiger partial charge is 0.462 e. The van der Waals surface area contributed by atoms with E-state index in [1.807, 2.05) is 0 Å². The van der Waals surface area contributed by atoms with Gasteiger partial charge in [0.15, 0.2) is 0 Å². The number of fused-ring (bicyclic) bond motifs is 10. The predicted octanol–water partition coefficient (Wildman–Crippen LogP) is 8.08. The number of nitrogens with one attached hydrogen (secondary N) is 2. The van der Waals surface area contributed by atoms with Crippen molar-refractivity contribution in [3.8, 4) is 0 Å². The zero-order chi connectivity index (χ0) is 54.5. The number of hydrogen-bond acceptors (Lipinski definition) is 12. The van der Waals surface area contributed by atoms with Gasteiger partial charge in [0.25, 0.3) is 20.2 Å². The molecule has 0 bridgehead atoms. The molecule has 8 aliphatic carbocycles. The molecule has 0 radical (unpaired) electrons. The van der Waals surface area contributed by atoms with Crippen LogP contribution in [0, 0.1) is 92.7 Å². The summed E-state index contributed by atoms with van der Waals surface area (Å²) in [4.78, 5) is 51.6. The van der Waals surface area contributed by atoms with Gasteiger partial charge in [-0.05, 0) is 215 Å². The normalized spacial score (nSPS) is 42.0. The van der Waals surface area contributed by atoms with Gasteiger partial charge in [0.05, 0.1) is 23.7 Å². The highest BCUT2D eigenvalue weighted by molar-refractivity contribution is 7.86. The number of aliphatic hydroxyl groups excluding tert-OH is 2. The molecule has 6 N–H and O–H groups in total. The Bertz CT molecular complexity index is 2140. The number of carbonyl (C=O) groups excluding carboxylic acids is 4. The van der Waals surface area contributed by atoms with Crippen LogP contribution in [0.1, 0.15) is 189 Å². The number of aliphatic hydroxyl groups is 2. The lowest BCUT2D eigenvalue weighted by Crippen LogP contribution is -2.58. The van der Waals surface area contributed by atoms with E-state index in [4.69, 9.17) is 18.6 Å². The average Bonchev–Trinajstić information content (AvgIpc) is 3.87. The minimum atomic E-state index is -4.13. The van der Waals surface area contributed by atoms with E-state index in [-0.39, 0.29) is 107 Å². The van der Waals surface area contributed by atoms with Crippen LogP contribution in [0.25, 0.3) is 0 Å². The molecule has 75 heavy (non-hydrogen) atoms. The van der Waals surface area contributed by atoms with Crippen LogP contribution in [-0.4, -0.2) is 109 Å².